The highest BCUT2D eigenvalue weighted by atomic mass is 35.5. The first-order valence-corrected chi connectivity index (χ1v) is 6.14. The van der Waals surface area contributed by atoms with Crippen molar-refractivity contribution in [1.82, 2.24) is 15.1 Å². The molecule has 2 amide bonds. The Morgan fingerprint density at radius 1 is 1.45 bits per heavy atom. The van der Waals surface area contributed by atoms with Gasteiger partial charge in [0.05, 0.1) is 30.2 Å². The number of carbonyl (C=O) groups is 2. The number of aromatic nitrogens is 2. The minimum atomic E-state index is -0.604. The van der Waals surface area contributed by atoms with Crippen molar-refractivity contribution in [2.75, 3.05) is 11.9 Å². The molecular formula is C12H22ClN5O2. The molecule has 1 rings (SSSR count). The third-order valence-electron chi connectivity index (χ3n) is 2.95. The van der Waals surface area contributed by atoms with Crippen LogP contribution in [0.2, 0.25) is 0 Å². The van der Waals surface area contributed by atoms with Gasteiger partial charge in [0.25, 0.3) is 0 Å². The van der Waals surface area contributed by atoms with Crippen molar-refractivity contribution in [1.29, 1.82) is 0 Å². The summed E-state index contributed by atoms with van der Waals surface area (Å²) in [7, 11) is 1.79. The molecule has 1 aromatic rings. The Labute approximate surface area is 124 Å². The fourth-order valence-corrected chi connectivity index (χ4v) is 1.40. The molecule has 0 saturated heterocycles. The number of anilines is 1. The molecule has 8 heteroatoms. The maximum absolute atomic E-state index is 11.7. The highest BCUT2D eigenvalue weighted by molar-refractivity contribution is 5.95. The minimum absolute atomic E-state index is 0. The fraction of sp³-hybridized carbons (Fsp3) is 0.583. The normalized spacial score (nSPS) is 11.7. The molecule has 7 nitrogen and oxygen atoms in total. The van der Waals surface area contributed by atoms with Gasteiger partial charge in [0.1, 0.15) is 0 Å². The van der Waals surface area contributed by atoms with Crippen LogP contribution in [0.3, 0.4) is 0 Å². The zero-order valence-electron chi connectivity index (χ0n) is 12.1. The second-order valence-electron chi connectivity index (χ2n) is 4.80. The van der Waals surface area contributed by atoms with Crippen LogP contribution >= 0.6 is 12.4 Å². The van der Waals surface area contributed by atoms with E-state index >= 15 is 0 Å². The first-order chi connectivity index (χ1) is 8.82. The number of hydrogen-bond donors (Lipinski definition) is 3. The van der Waals surface area contributed by atoms with Crippen LogP contribution in [-0.4, -0.2) is 34.2 Å². The highest BCUT2D eigenvalue weighted by Gasteiger charge is 2.17. The standard InChI is InChI=1S/C12H21N5O2.ClH/c1-7(2)11(13)12(19)14-6-10(18)16-9-5-15-17(4)8(9)3;/h5,7,11H,6,13H2,1-4H3,(H,14,19)(H,16,18);1H/t11-;/m0./s1. The minimum Gasteiger partial charge on any atom is -0.346 e. The average Bonchev–Trinajstić information content (AvgIpc) is 2.66. The summed E-state index contributed by atoms with van der Waals surface area (Å²) in [5, 5.41) is 9.19. The molecule has 4 N–H and O–H groups in total. The summed E-state index contributed by atoms with van der Waals surface area (Å²) in [4.78, 5) is 23.2. The number of nitrogens with two attached hydrogens (primary N) is 1. The lowest BCUT2D eigenvalue weighted by atomic mass is 10.1. The lowest BCUT2D eigenvalue weighted by Gasteiger charge is -2.15. The number of amides is 2. The van der Waals surface area contributed by atoms with Gasteiger partial charge in [-0.3, -0.25) is 14.3 Å². The molecule has 0 spiro atoms. The molecule has 1 aromatic heterocycles. The van der Waals surface area contributed by atoms with Gasteiger partial charge >= 0.3 is 0 Å². The molecular weight excluding hydrogens is 282 g/mol. The Morgan fingerprint density at radius 2 is 2.05 bits per heavy atom. The molecule has 0 bridgehead atoms. The summed E-state index contributed by atoms with van der Waals surface area (Å²) in [6, 6.07) is -0.604. The average molecular weight is 304 g/mol. The lowest BCUT2D eigenvalue weighted by Crippen LogP contribution is -2.46. The highest BCUT2D eigenvalue weighted by Crippen LogP contribution is 2.11. The van der Waals surface area contributed by atoms with Crippen molar-refractivity contribution >= 4 is 29.9 Å². The largest absolute Gasteiger partial charge is 0.346 e. The molecule has 0 unspecified atom stereocenters. The zero-order valence-corrected chi connectivity index (χ0v) is 13.0. The molecule has 0 aliphatic heterocycles. The van der Waals surface area contributed by atoms with Crippen LogP contribution in [0, 0.1) is 12.8 Å². The Balaban J connectivity index is 0.00000361. The van der Waals surface area contributed by atoms with Gasteiger partial charge in [-0.05, 0) is 12.8 Å². The Hall–Kier alpha value is -1.60. The van der Waals surface area contributed by atoms with E-state index in [1.807, 2.05) is 20.8 Å². The van der Waals surface area contributed by atoms with Crippen LogP contribution in [0.5, 0.6) is 0 Å². The van der Waals surface area contributed by atoms with Gasteiger partial charge < -0.3 is 16.4 Å². The lowest BCUT2D eigenvalue weighted by molar-refractivity contribution is -0.125. The molecule has 0 aliphatic carbocycles. The first kappa shape index (κ1) is 18.4. The topological polar surface area (TPSA) is 102 Å². The summed E-state index contributed by atoms with van der Waals surface area (Å²) in [6.07, 6.45) is 1.56. The Bertz CT molecular complexity index is 472. The molecule has 20 heavy (non-hydrogen) atoms. The first-order valence-electron chi connectivity index (χ1n) is 6.14. The Morgan fingerprint density at radius 3 is 2.50 bits per heavy atom. The van der Waals surface area contributed by atoms with Crippen molar-refractivity contribution in [2.45, 2.75) is 26.8 Å². The number of aryl methyl sites for hydroxylation is 1. The molecule has 0 radical (unpaired) electrons. The summed E-state index contributed by atoms with van der Waals surface area (Å²) < 4.78 is 1.66. The van der Waals surface area contributed by atoms with E-state index in [-0.39, 0.29) is 36.7 Å². The van der Waals surface area contributed by atoms with Crippen molar-refractivity contribution < 1.29 is 9.59 Å². The molecule has 0 fully saturated rings. The summed E-state index contributed by atoms with van der Waals surface area (Å²) in [5.41, 5.74) is 7.15. The molecule has 1 atom stereocenters. The summed E-state index contributed by atoms with van der Waals surface area (Å²) in [6.45, 7) is 5.44. The van der Waals surface area contributed by atoms with Gasteiger partial charge in [-0.2, -0.15) is 5.10 Å². The van der Waals surface area contributed by atoms with Gasteiger partial charge in [-0.25, -0.2) is 0 Å². The number of nitrogens with one attached hydrogen (secondary N) is 2. The number of hydrogen-bond acceptors (Lipinski definition) is 4. The van der Waals surface area contributed by atoms with Crippen molar-refractivity contribution in [2.24, 2.45) is 18.7 Å². The molecule has 0 saturated carbocycles. The fourth-order valence-electron chi connectivity index (χ4n) is 1.40. The maximum atomic E-state index is 11.7. The van der Waals surface area contributed by atoms with Crippen molar-refractivity contribution in [3.63, 3.8) is 0 Å². The Kier molecular flexibility index (Phi) is 7.23. The summed E-state index contributed by atoms with van der Waals surface area (Å²) >= 11 is 0. The molecule has 1 heterocycles. The van der Waals surface area contributed by atoms with E-state index in [1.54, 1.807) is 17.9 Å². The predicted octanol–water partition coefficient (Wildman–Crippen LogP) is 0.188. The SMILES string of the molecule is Cc1c(NC(=O)CNC(=O)[C@@H](N)C(C)C)cnn1C.Cl. The number of rotatable bonds is 5. The van der Waals surface area contributed by atoms with Crippen LogP contribution in [0.15, 0.2) is 6.20 Å². The van der Waals surface area contributed by atoms with Crippen LogP contribution in [0.4, 0.5) is 5.69 Å². The van der Waals surface area contributed by atoms with E-state index in [4.69, 9.17) is 5.73 Å². The van der Waals surface area contributed by atoms with E-state index in [0.29, 0.717) is 5.69 Å². The van der Waals surface area contributed by atoms with Crippen molar-refractivity contribution in [3.8, 4) is 0 Å². The van der Waals surface area contributed by atoms with Crippen LogP contribution < -0.4 is 16.4 Å². The van der Waals surface area contributed by atoms with E-state index < -0.39 is 6.04 Å². The van der Waals surface area contributed by atoms with Gasteiger partial charge in [-0.15, -0.1) is 12.4 Å². The number of carbonyl (C=O) groups excluding carboxylic acids is 2. The maximum Gasteiger partial charge on any atom is 0.243 e. The zero-order chi connectivity index (χ0) is 14.6. The number of halogens is 1. The smallest absolute Gasteiger partial charge is 0.243 e. The third kappa shape index (κ3) is 4.82. The second-order valence-corrected chi connectivity index (χ2v) is 4.80. The van der Waals surface area contributed by atoms with Gasteiger partial charge in [-0.1, -0.05) is 13.8 Å². The van der Waals surface area contributed by atoms with Crippen LogP contribution in [-0.2, 0) is 16.6 Å². The molecule has 0 aliphatic rings. The van der Waals surface area contributed by atoms with Gasteiger partial charge in [0.15, 0.2) is 0 Å². The third-order valence-corrected chi connectivity index (χ3v) is 2.95. The predicted molar refractivity (Wildman–Crippen MR) is 79.6 cm³/mol. The van der Waals surface area contributed by atoms with E-state index in [9.17, 15) is 9.59 Å². The van der Waals surface area contributed by atoms with Gasteiger partial charge in [0, 0.05) is 7.05 Å². The monoisotopic (exact) mass is 303 g/mol. The van der Waals surface area contributed by atoms with Crippen LogP contribution in [0.1, 0.15) is 19.5 Å². The molecule has 114 valence electrons. The second kappa shape index (κ2) is 7.86. The molecule has 0 aromatic carbocycles. The van der Waals surface area contributed by atoms with Gasteiger partial charge in [0.2, 0.25) is 11.8 Å². The van der Waals surface area contributed by atoms with Crippen molar-refractivity contribution in [3.05, 3.63) is 11.9 Å². The van der Waals surface area contributed by atoms with E-state index in [2.05, 4.69) is 15.7 Å². The quantitative estimate of drug-likeness (QED) is 0.722. The summed E-state index contributed by atoms with van der Waals surface area (Å²) in [5.74, 6) is -0.600. The van der Waals surface area contributed by atoms with E-state index in [1.165, 1.54) is 0 Å². The van der Waals surface area contributed by atoms with E-state index in [0.717, 1.165) is 5.69 Å². The van der Waals surface area contributed by atoms with Crippen LogP contribution in [0.25, 0.3) is 0 Å². The number of nitrogens with zero attached hydrogens (tertiary/aromatic N) is 2.